The van der Waals surface area contributed by atoms with Crippen LogP contribution in [0.1, 0.15) is 39.2 Å². The smallest absolute Gasteiger partial charge is 0.298 e. The van der Waals surface area contributed by atoms with Crippen LogP contribution in [0, 0.1) is 0 Å². The molecule has 170 valence electrons. The first-order chi connectivity index (χ1) is 14.5. The molecular formula is C23H28F3O3PS. The average Bonchev–Trinajstić information content (AvgIpc) is 3.02. The van der Waals surface area contributed by atoms with Gasteiger partial charge in [-0.05, 0) is 41.1 Å². The van der Waals surface area contributed by atoms with E-state index in [1.165, 1.54) is 6.26 Å². The van der Waals surface area contributed by atoms with E-state index >= 15 is 0 Å². The van der Waals surface area contributed by atoms with Gasteiger partial charge in [0.15, 0.2) is 16.1 Å². The van der Waals surface area contributed by atoms with Crippen molar-refractivity contribution in [3.05, 3.63) is 71.4 Å². The third kappa shape index (κ3) is 10.6. The van der Waals surface area contributed by atoms with Crippen molar-refractivity contribution in [1.82, 2.24) is 0 Å². The number of sulfone groups is 1. The van der Waals surface area contributed by atoms with E-state index < -0.39 is 22.4 Å². The second-order valence-corrected chi connectivity index (χ2v) is 8.34. The summed E-state index contributed by atoms with van der Waals surface area (Å²) in [6, 6.07) is 6.49. The van der Waals surface area contributed by atoms with Crippen molar-refractivity contribution in [1.29, 1.82) is 0 Å². The standard InChI is InChI=1S/C18H17O3PS.C3H5F3.C2H6/c1-23(20,21)16-10-8-15(9-11-16)18(13-22)17(12-19)14-6-4-2-3-5-7-14;1-2-3(4,5)6;1-2/h2-4,6-13,22H,5H2,1H3;2H2,1H3;1-2H3/b18-17-;;. The zero-order valence-electron chi connectivity index (χ0n) is 18.0. The van der Waals surface area contributed by atoms with E-state index in [9.17, 15) is 26.4 Å². The first-order valence-electron chi connectivity index (χ1n) is 9.64. The molecule has 2 rings (SSSR count). The normalized spacial score (nSPS) is 14.0. The molecule has 0 saturated heterocycles. The predicted octanol–water partition coefficient (Wildman–Crippen LogP) is 6.42. The highest BCUT2D eigenvalue weighted by atomic mass is 32.2. The van der Waals surface area contributed by atoms with Crippen LogP contribution in [0.4, 0.5) is 13.2 Å². The van der Waals surface area contributed by atoms with Gasteiger partial charge in [0, 0.05) is 18.2 Å². The average molecular weight is 473 g/mol. The highest BCUT2D eigenvalue weighted by Crippen LogP contribution is 2.25. The molecule has 31 heavy (non-hydrogen) atoms. The molecule has 0 unspecified atom stereocenters. The van der Waals surface area contributed by atoms with Crippen molar-refractivity contribution >= 4 is 36.4 Å². The lowest BCUT2D eigenvalue weighted by Crippen LogP contribution is -2.02. The van der Waals surface area contributed by atoms with Gasteiger partial charge in [-0.15, -0.1) is 8.86 Å². The number of benzene rings is 1. The molecule has 8 heteroatoms. The van der Waals surface area contributed by atoms with Crippen LogP contribution in [0.3, 0.4) is 0 Å². The summed E-state index contributed by atoms with van der Waals surface area (Å²) in [7, 11) is 0.123. The molecule has 0 amide bonds. The van der Waals surface area contributed by atoms with Gasteiger partial charge in [0.25, 0.3) is 0 Å². The summed E-state index contributed by atoms with van der Waals surface area (Å²) < 4.78 is 55.5. The van der Waals surface area contributed by atoms with Crippen LogP contribution in [-0.4, -0.2) is 32.9 Å². The number of hydrogen-bond acceptors (Lipinski definition) is 3. The Morgan fingerprint density at radius 2 is 1.65 bits per heavy atom. The molecule has 1 aromatic carbocycles. The summed E-state index contributed by atoms with van der Waals surface area (Å²) in [6.07, 6.45) is 7.74. The minimum absolute atomic E-state index is 0.250. The Morgan fingerprint density at radius 3 is 2.06 bits per heavy atom. The van der Waals surface area contributed by atoms with Crippen molar-refractivity contribution in [2.75, 3.05) is 6.26 Å². The molecule has 0 heterocycles. The molecule has 0 N–H and O–H groups in total. The van der Waals surface area contributed by atoms with Crippen molar-refractivity contribution in [2.24, 2.45) is 0 Å². The molecule has 0 atom stereocenters. The van der Waals surface area contributed by atoms with Crippen molar-refractivity contribution in [3.8, 4) is 0 Å². The lowest BCUT2D eigenvalue weighted by molar-refractivity contribution is -0.130. The zero-order chi connectivity index (χ0) is 24.1. The van der Waals surface area contributed by atoms with Crippen molar-refractivity contribution in [2.45, 2.75) is 44.7 Å². The van der Waals surface area contributed by atoms with Crippen molar-refractivity contribution < 1.29 is 26.4 Å². The molecule has 1 aliphatic rings. The highest BCUT2D eigenvalue weighted by Gasteiger charge is 2.22. The number of alkyl halides is 3. The highest BCUT2D eigenvalue weighted by molar-refractivity contribution is 7.90. The van der Waals surface area contributed by atoms with Gasteiger partial charge in [-0.3, -0.25) is 4.79 Å². The monoisotopic (exact) mass is 472 g/mol. The van der Waals surface area contributed by atoms with Crippen LogP contribution < -0.4 is 0 Å². The summed E-state index contributed by atoms with van der Waals surface area (Å²) in [5.74, 6) is 1.67. The second-order valence-electron chi connectivity index (χ2n) is 6.04. The van der Waals surface area contributed by atoms with Crippen LogP contribution in [-0.2, 0) is 14.6 Å². The number of hydrogen-bond donors (Lipinski definition) is 0. The fourth-order valence-corrected chi connectivity index (χ4v) is 3.22. The molecular weight excluding hydrogens is 444 g/mol. The van der Waals surface area contributed by atoms with Crippen LogP contribution in [0.5, 0.6) is 0 Å². The Kier molecular flexibility index (Phi) is 12.9. The van der Waals surface area contributed by atoms with Crippen molar-refractivity contribution in [3.63, 3.8) is 0 Å². The Labute approximate surface area is 185 Å². The first kappa shape index (κ1) is 28.8. The molecule has 1 aromatic rings. The van der Waals surface area contributed by atoms with Gasteiger partial charge in [0.1, 0.15) is 0 Å². The molecule has 0 saturated carbocycles. The van der Waals surface area contributed by atoms with E-state index in [1.807, 2.05) is 44.2 Å². The minimum Gasteiger partial charge on any atom is -0.298 e. The van der Waals surface area contributed by atoms with E-state index in [0.29, 0.717) is 11.1 Å². The van der Waals surface area contributed by atoms with E-state index in [1.54, 1.807) is 30.1 Å². The molecule has 0 fully saturated rings. The Bertz CT molecular complexity index is 953. The van der Waals surface area contributed by atoms with E-state index in [4.69, 9.17) is 0 Å². The third-order valence-electron chi connectivity index (χ3n) is 3.85. The zero-order valence-corrected chi connectivity index (χ0v) is 19.8. The van der Waals surface area contributed by atoms with Gasteiger partial charge in [-0.2, -0.15) is 13.2 Å². The maximum absolute atomic E-state index is 11.6. The van der Waals surface area contributed by atoms with Crippen LogP contribution in [0.2, 0.25) is 0 Å². The Hall–Kier alpha value is -2.24. The fourth-order valence-electron chi connectivity index (χ4n) is 2.26. The summed E-state index contributed by atoms with van der Waals surface area (Å²) in [5, 5.41) is 0. The maximum Gasteiger partial charge on any atom is 0.388 e. The van der Waals surface area contributed by atoms with E-state index in [-0.39, 0.29) is 4.90 Å². The molecule has 0 radical (unpaired) electrons. The third-order valence-corrected chi connectivity index (χ3v) is 5.27. The minimum atomic E-state index is -3.96. The summed E-state index contributed by atoms with van der Waals surface area (Å²) in [6.45, 7) is 5.08. The SMILES string of the molecule is CC.CCC(F)(F)F.CS(=O)(=O)c1ccc(/C(C=P)=C(/C=O)C2=CCC=CC=C2)cc1. The van der Waals surface area contributed by atoms with Gasteiger partial charge in [-0.25, -0.2) is 8.42 Å². The quantitative estimate of drug-likeness (QED) is 0.283. The van der Waals surface area contributed by atoms with Gasteiger partial charge < -0.3 is 0 Å². The van der Waals surface area contributed by atoms with Gasteiger partial charge in [0.05, 0.1) is 4.90 Å². The number of rotatable bonds is 5. The predicted molar refractivity (Wildman–Crippen MR) is 126 cm³/mol. The number of carbonyl (C=O) groups excluding carboxylic acids is 1. The summed E-state index contributed by atoms with van der Waals surface area (Å²) in [4.78, 5) is 11.9. The second kappa shape index (κ2) is 13.9. The van der Waals surface area contributed by atoms with Crippen LogP contribution in [0.15, 0.2) is 70.7 Å². The van der Waals surface area contributed by atoms with Crippen LogP contribution >= 0.6 is 8.86 Å². The molecule has 0 aliphatic heterocycles. The Morgan fingerprint density at radius 1 is 1.10 bits per heavy atom. The summed E-state index contributed by atoms with van der Waals surface area (Å²) in [5.41, 5.74) is 2.85. The molecule has 0 bridgehead atoms. The van der Waals surface area contributed by atoms with Gasteiger partial charge in [0.2, 0.25) is 0 Å². The molecule has 3 nitrogen and oxygen atoms in total. The number of halogens is 3. The number of aldehydes is 1. The molecule has 0 aromatic heterocycles. The fraction of sp³-hybridized carbons (Fsp3) is 0.304. The number of carbonyl (C=O) groups is 1. The number of allylic oxidation sites excluding steroid dienone is 8. The van der Waals surface area contributed by atoms with Crippen LogP contribution in [0.25, 0.3) is 5.57 Å². The summed E-state index contributed by atoms with van der Waals surface area (Å²) >= 11 is 0. The topological polar surface area (TPSA) is 51.2 Å². The van der Waals surface area contributed by atoms with E-state index in [2.05, 4.69) is 8.86 Å². The van der Waals surface area contributed by atoms with Gasteiger partial charge >= 0.3 is 6.18 Å². The lowest BCUT2D eigenvalue weighted by Gasteiger charge is -2.09. The first-order valence-corrected chi connectivity index (χ1v) is 12.1. The van der Waals surface area contributed by atoms with E-state index in [0.717, 1.165) is 30.8 Å². The molecule has 0 spiro atoms. The molecule has 1 aliphatic carbocycles. The largest absolute Gasteiger partial charge is 0.388 e. The maximum atomic E-state index is 11.6. The lowest BCUT2D eigenvalue weighted by atomic mass is 9.96. The van der Waals surface area contributed by atoms with Gasteiger partial charge in [-0.1, -0.05) is 63.3 Å². The Balaban J connectivity index is 0.000000970.